The Bertz CT molecular complexity index is 1500. The fourth-order valence-corrected chi connectivity index (χ4v) is 5.21. The molecule has 4 heterocycles. The summed E-state index contributed by atoms with van der Waals surface area (Å²) in [6.07, 6.45) is 4.70. The van der Waals surface area contributed by atoms with Crippen LogP contribution in [0.2, 0.25) is 0 Å². The molecule has 8 nitrogen and oxygen atoms in total. The summed E-state index contributed by atoms with van der Waals surface area (Å²) in [6, 6.07) is 17.4. The summed E-state index contributed by atoms with van der Waals surface area (Å²) in [4.78, 5) is 11.9. The van der Waals surface area contributed by atoms with Gasteiger partial charge in [0.15, 0.2) is 11.5 Å². The molecule has 0 radical (unpaired) electrons. The van der Waals surface area contributed by atoms with Crippen LogP contribution in [0.5, 0.6) is 0 Å². The lowest BCUT2D eigenvalue weighted by Crippen LogP contribution is -2.23. The lowest BCUT2D eigenvalue weighted by Gasteiger charge is -2.31. The summed E-state index contributed by atoms with van der Waals surface area (Å²) in [6.45, 7) is 7.14. The third-order valence-corrected chi connectivity index (χ3v) is 7.03. The minimum absolute atomic E-state index is 0.0367. The predicted octanol–water partition coefficient (Wildman–Crippen LogP) is 4.86. The molecule has 3 aromatic heterocycles. The Hall–Kier alpha value is -4.07. The Morgan fingerprint density at radius 1 is 1.03 bits per heavy atom. The molecule has 35 heavy (non-hydrogen) atoms. The maximum Gasteiger partial charge on any atom is 0.171 e. The molecule has 0 aliphatic carbocycles. The highest BCUT2D eigenvalue weighted by Gasteiger charge is 2.27. The van der Waals surface area contributed by atoms with Gasteiger partial charge in [0.2, 0.25) is 0 Å². The highest BCUT2D eigenvalue weighted by atomic mass is 15.5. The quantitative estimate of drug-likeness (QED) is 0.400. The van der Waals surface area contributed by atoms with E-state index in [2.05, 4.69) is 98.3 Å². The van der Waals surface area contributed by atoms with E-state index in [1.807, 2.05) is 12.3 Å². The first-order chi connectivity index (χ1) is 17.1. The summed E-state index contributed by atoms with van der Waals surface area (Å²) >= 11 is 0. The second kappa shape index (κ2) is 8.61. The number of fused-ring (bicyclic) bond motifs is 3. The lowest BCUT2D eigenvalue weighted by molar-refractivity contribution is 0.710. The van der Waals surface area contributed by atoms with Gasteiger partial charge in [-0.05, 0) is 77.6 Å². The first-order valence-corrected chi connectivity index (χ1v) is 12.2. The Morgan fingerprint density at radius 2 is 1.86 bits per heavy atom. The molecule has 1 N–H and O–H groups in total. The average molecular weight is 465 g/mol. The number of H-pyrrole nitrogens is 1. The van der Waals surface area contributed by atoms with Crippen molar-refractivity contribution < 1.29 is 0 Å². The van der Waals surface area contributed by atoms with Gasteiger partial charge in [-0.2, -0.15) is 0 Å². The molecule has 0 saturated carbocycles. The summed E-state index contributed by atoms with van der Waals surface area (Å²) in [5.41, 5.74) is 9.42. The molecular formula is C27H28N8. The second-order valence-corrected chi connectivity index (χ2v) is 9.19. The van der Waals surface area contributed by atoms with E-state index in [1.165, 1.54) is 28.1 Å². The summed E-state index contributed by atoms with van der Waals surface area (Å²) < 4.78 is 2.26. The lowest BCUT2D eigenvalue weighted by atomic mass is 10.0. The van der Waals surface area contributed by atoms with Crippen molar-refractivity contribution in [2.75, 3.05) is 4.90 Å². The molecular weight excluding hydrogens is 436 g/mol. The first-order valence-electron chi connectivity index (χ1n) is 12.2. The van der Waals surface area contributed by atoms with E-state index in [9.17, 15) is 0 Å². The molecule has 1 aliphatic heterocycles. The van der Waals surface area contributed by atoms with Crippen LogP contribution in [0, 0.1) is 6.92 Å². The fraction of sp³-hybridized carbons (Fsp3) is 0.296. The Kier molecular flexibility index (Phi) is 5.28. The number of aromatic nitrogens is 7. The highest BCUT2D eigenvalue weighted by Crippen LogP contribution is 2.41. The largest absolute Gasteiger partial charge is 0.330 e. The molecule has 2 aromatic carbocycles. The number of pyridine rings is 1. The molecule has 0 saturated heterocycles. The highest BCUT2D eigenvalue weighted by molar-refractivity contribution is 5.76. The van der Waals surface area contributed by atoms with E-state index in [0.29, 0.717) is 0 Å². The monoisotopic (exact) mass is 464 g/mol. The smallest absolute Gasteiger partial charge is 0.171 e. The molecule has 1 aliphatic rings. The third kappa shape index (κ3) is 3.65. The first kappa shape index (κ1) is 21.5. The van der Waals surface area contributed by atoms with E-state index < -0.39 is 0 Å². The van der Waals surface area contributed by atoms with Crippen molar-refractivity contribution in [1.29, 1.82) is 0 Å². The van der Waals surface area contributed by atoms with Crippen LogP contribution in [0.4, 0.5) is 11.4 Å². The number of para-hydroxylation sites is 1. The zero-order valence-corrected chi connectivity index (χ0v) is 20.2. The number of nitrogens with zero attached hydrogens (tertiary/aromatic N) is 7. The molecule has 0 fully saturated rings. The van der Waals surface area contributed by atoms with Crippen LogP contribution in [0.15, 0.2) is 54.7 Å². The van der Waals surface area contributed by atoms with Crippen LogP contribution >= 0.6 is 0 Å². The number of tetrazole rings is 1. The van der Waals surface area contributed by atoms with Crippen LogP contribution in [-0.4, -0.2) is 35.2 Å². The molecule has 8 heteroatoms. The van der Waals surface area contributed by atoms with Gasteiger partial charge in [0.1, 0.15) is 11.3 Å². The van der Waals surface area contributed by atoms with Crippen LogP contribution in [-0.2, 0) is 25.8 Å². The van der Waals surface area contributed by atoms with Crippen molar-refractivity contribution in [1.82, 2.24) is 35.2 Å². The standard InChI is InChI=1S/C27H28N8/c1-4-24-29-25-17(2)13-14-28-27(25)34(24)16-19-9-12-23-21(15-19)11-10-20-7-5-6-8-22(20)35(23)18(3)26-30-32-33-31-26/h5-9,12-15,18H,4,10-11,16H2,1-3H3,(H,30,31,32,33). The number of aryl methyl sites for hydroxylation is 4. The van der Waals surface area contributed by atoms with Crippen LogP contribution in [0.1, 0.15) is 53.8 Å². The molecule has 1 atom stereocenters. The van der Waals surface area contributed by atoms with Crippen molar-refractivity contribution in [3.8, 4) is 0 Å². The number of hydrogen-bond donors (Lipinski definition) is 1. The van der Waals surface area contributed by atoms with Crippen molar-refractivity contribution in [2.45, 2.75) is 52.6 Å². The number of imidazole rings is 1. The predicted molar refractivity (Wildman–Crippen MR) is 136 cm³/mol. The van der Waals surface area contributed by atoms with E-state index in [1.54, 1.807) is 0 Å². The molecule has 0 spiro atoms. The van der Waals surface area contributed by atoms with Crippen LogP contribution in [0.25, 0.3) is 11.2 Å². The number of anilines is 2. The normalized spacial score (nSPS) is 14.0. The Labute approximate surface area is 204 Å². The molecule has 5 aromatic rings. The minimum Gasteiger partial charge on any atom is -0.330 e. The third-order valence-electron chi connectivity index (χ3n) is 7.03. The van der Waals surface area contributed by atoms with Crippen molar-refractivity contribution >= 4 is 22.5 Å². The second-order valence-electron chi connectivity index (χ2n) is 9.19. The van der Waals surface area contributed by atoms with Crippen molar-refractivity contribution in [3.05, 3.63) is 88.6 Å². The van der Waals surface area contributed by atoms with Gasteiger partial charge in [-0.25, -0.2) is 15.1 Å². The summed E-state index contributed by atoms with van der Waals surface area (Å²) in [7, 11) is 0. The van der Waals surface area contributed by atoms with Gasteiger partial charge in [0.05, 0.1) is 12.6 Å². The number of benzene rings is 2. The van der Waals surface area contributed by atoms with E-state index in [4.69, 9.17) is 4.98 Å². The number of hydrogen-bond acceptors (Lipinski definition) is 6. The van der Waals surface area contributed by atoms with Crippen molar-refractivity contribution in [3.63, 3.8) is 0 Å². The molecule has 1 unspecified atom stereocenters. The summed E-state index contributed by atoms with van der Waals surface area (Å²) in [5, 5.41) is 14.8. The molecule has 6 rings (SSSR count). The van der Waals surface area contributed by atoms with Gasteiger partial charge < -0.3 is 9.47 Å². The summed E-state index contributed by atoms with van der Waals surface area (Å²) in [5.74, 6) is 1.81. The van der Waals surface area contributed by atoms with Gasteiger partial charge in [-0.1, -0.05) is 37.3 Å². The molecule has 176 valence electrons. The van der Waals surface area contributed by atoms with Crippen LogP contribution in [0.3, 0.4) is 0 Å². The van der Waals surface area contributed by atoms with Gasteiger partial charge in [0, 0.05) is 24.0 Å². The number of nitrogens with one attached hydrogen (secondary N) is 1. The molecule has 0 amide bonds. The average Bonchev–Trinajstić information content (AvgIpc) is 3.50. The number of rotatable bonds is 5. The van der Waals surface area contributed by atoms with Gasteiger partial charge in [-0.3, -0.25) is 0 Å². The topological polar surface area (TPSA) is 88.4 Å². The zero-order valence-electron chi connectivity index (χ0n) is 20.2. The van der Waals surface area contributed by atoms with E-state index in [0.717, 1.165) is 54.2 Å². The van der Waals surface area contributed by atoms with Crippen molar-refractivity contribution in [2.24, 2.45) is 0 Å². The Balaban J connectivity index is 1.43. The minimum atomic E-state index is -0.0367. The SMILES string of the molecule is CCc1nc2c(C)ccnc2n1Cc1ccc2c(c1)CCc1ccccc1N2C(C)c1nnn[nH]1. The van der Waals surface area contributed by atoms with E-state index in [-0.39, 0.29) is 6.04 Å². The zero-order chi connectivity index (χ0) is 23.9. The van der Waals surface area contributed by atoms with Crippen LogP contribution < -0.4 is 4.90 Å². The fourth-order valence-electron chi connectivity index (χ4n) is 5.21. The number of aromatic amines is 1. The van der Waals surface area contributed by atoms with Gasteiger partial charge in [-0.15, -0.1) is 5.10 Å². The maximum absolute atomic E-state index is 4.89. The molecule has 0 bridgehead atoms. The van der Waals surface area contributed by atoms with Gasteiger partial charge >= 0.3 is 0 Å². The van der Waals surface area contributed by atoms with Gasteiger partial charge in [0.25, 0.3) is 0 Å². The maximum atomic E-state index is 4.89. The van der Waals surface area contributed by atoms with E-state index >= 15 is 0 Å². The Morgan fingerprint density at radius 3 is 2.69 bits per heavy atom.